The van der Waals surface area contributed by atoms with Crippen LogP contribution in [0.3, 0.4) is 0 Å². The SMILES string of the molecule is CCc1ccc(C2CCCCN2)nc1. The van der Waals surface area contributed by atoms with Gasteiger partial charge in [0, 0.05) is 12.2 Å². The molecule has 1 aliphatic rings. The van der Waals surface area contributed by atoms with Gasteiger partial charge in [-0.05, 0) is 37.4 Å². The van der Waals surface area contributed by atoms with Crippen LogP contribution < -0.4 is 5.32 Å². The van der Waals surface area contributed by atoms with E-state index in [9.17, 15) is 0 Å². The van der Waals surface area contributed by atoms with Crippen molar-refractivity contribution in [3.63, 3.8) is 0 Å². The zero-order valence-electron chi connectivity index (χ0n) is 8.79. The van der Waals surface area contributed by atoms with Crippen molar-refractivity contribution in [3.05, 3.63) is 29.6 Å². The van der Waals surface area contributed by atoms with Crippen molar-refractivity contribution in [2.45, 2.75) is 38.6 Å². The van der Waals surface area contributed by atoms with E-state index in [1.807, 2.05) is 6.20 Å². The van der Waals surface area contributed by atoms with Crippen LogP contribution in [0.5, 0.6) is 0 Å². The minimum absolute atomic E-state index is 0.495. The van der Waals surface area contributed by atoms with E-state index in [1.54, 1.807) is 0 Å². The number of rotatable bonds is 2. The first-order valence-electron chi connectivity index (χ1n) is 5.58. The molecule has 2 rings (SSSR count). The van der Waals surface area contributed by atoms with Crippen LogP contribution in [0.15, 0.2) is 18.3 Å². The van der Waals surface area contributed by atoms with E-state index in [0.717, 1.165) is 13.0 Å². The number of aromatic nitrogens is 1. The highest BCUT2D eigenvalue weighted by molar-refractivity contribution is 5.16. The Kier molecular flexibility index (Phi) is 3.14. The summed E-state index contributed by atoms with van der Waals surface area (Å²) < 4.78 is 0. The Morgan fingerprint density at radius 2 is 2.36 bits per heavy atom. The Bertz CT molecular complexity index is 273. The van der Waals surface area contributed by atoms with Gasteiger partial charge in [0.05, 0.1) is 5.69 Å². The molecule has 1 fully saturated rings. The fourth-order valence-electron chi connectivity index (χ4n) is 1.96. The molecule has 1 aromatic rings. The lowest BCUT2D eigenvalue weighted by Crippen LogP contribution is -2.27. The molecular formula is C12H18N2. The van der Waals surface area contributed by atoms with Crippen LogP contribution in [0.4, 0.5) is 0 Å². The van der Waals surface area contributed by atoms with E-state index < -0.39 is 0 Å². The van der Waals surface area contributed by atoms with Crippen molar-refractivity contribution in [2.75, 3.05) is 6.54 Å². The van der Waals surface area contributed by atoms with Gasteiger partial charge in [-0.2, -0.15) is 0 Å². The first-order valence-corrected chi connectivity index (χ1v) is 5.58. The number of hydrogen-bond acceptors (Lipinski definition) is 2. The lowest BCUT2D eigenvalue weighted by molar-refractivity contribution is 0.405. The molecule has 1 N–H and O–H groups in total. The van der Waals surface area contributed by atoms with Crippen LogP contribution in [0.1, 0.15) is 43.5 Å². The zero-order chi connectivity index (χ0) is 9.80. The highest BCUT2D eigenvalue weighted by Crippen LogP contribution is 2.21. The first kappa shape index (κ1) is 9.66. The normalized spacial score (nSPS) is 22.2. The molecule has 0 bridgehead atoms. The Hall–Kier alpha value is -0.890. The van der Waals surface area contributed by atoms with Crippen molar-refractivity contribution >= 4 is 0 Å². The summed E-state index contributed by atoms with van der Waals surface area (Å²) in [4.78, 5) is 4.51. The molecule has 1 saturated heterocycles. The highest BCUT2D eigenvalue weighted by Gasteiger charge is 2.15. The lowest BCUT2D eigenvalue weighted by Gasteiger charge is -2.22. The molecule has 1 atom stereocenters. The first-order chi connectivity index (χ1) is 6.90. The molecule has 0 aromatic carbocycles. The van der Waals surface area contributed by atoms with Crippen molar-refractivity contribution < 1.29 is 0 Å². The average molecular weight is 190 g/mol. The summed E-state index contributed by atoms with van der Waals surface area (Å²) in [5, 5.41) is 3.51. The number of nitrogens with one attached hydrogen (secondary N) is 1. The monoisotopic (exact) mass is 190 g/mol. The van der Waals surface area contributed by atoms with Gasteiger partial charge in [0.25, 0.3) is 0 Å². The molecule has 2 heterocycles. The second-order valence-corrected chi connectivity index (χ2v) is 3.95. The second-order valence-electron chi connectivity index (χ2n) is 3.95. The molecule has 0 radical (unpaired) electrons. The van der Waals surface area contributed by atoms with Gasteiger partial charge in [-0.25, -0.2) is 0 Å². The van der Waals surface area contributed by atoms with E-state index in [2.05, 4.69) is 29.4 Å². The van der Waals surface area contributed by atoms with Crippen LogP contribution in [-0.2, 0) is 6.42 Å². The Morgan fingerprint density at radius 3 is 2.93 bits per heavy atom. The fraction of sp³-hybridized carbons (Fsp3) is 0.583. The van der Waals surface area contributed by atoms with Crippen LogP contribution in [0.2, 0.25) is 0 Å². The van der Waals surface area contributed by atoms with Crippen LogP contribution >= 0.6 is 0 Å². The van der Waals surface area contributed by atoms with Gasteiger partial charge in [-0.3, -0.25) is 4.98 Å². The van der Waals surface area contributed by atoms with Crippen LogP contribution in [-0.4, -0.2) is 11.5 Å². The predicted molar refractivity (Wildman–Crippen MR) is 58.2 cm³/mol. The van der Waals surface area contributed by atoms with E-state index in [0.29, 0.717) is 6.04 Å². The molecule has 0 saturated carbocycles. The van der Waals surface area contributed by atoms with Gasteiger partial charge >= 0.3 is 0 Å². The summed E-state index contributed by atoms with van der Waals surface area (Å²) in [6, 6.07) is 4.86. The van der Waals surface area contributed by atoms with E-state index in [1.165, 1.54) is 30.5 Å². The molecule has 1 unspecified atom stereocenters. The summed E-state index contributed by atoms with van der Waals surface area (Å²) >= 11 is 0. The smallest absolute Gasteiger partial charge is 0.0573 e. The number of piperidine rings is 1. The number of pyridine rings is 1. The van der Waals surface area contributed by atoms with Gasteiger partial charge in [0.1, 0.15) is 0 Å². The number of nitrogens with zero attached hydrogens (tertiary/aromatic N) is 1. The summed E-state index contributed by atoms with van der Waals surface area (Å²) in [6.07, 6.45) is 6.95. The minimum Gasteiger partial charge on any atom is -0.309 e. The van der Waals surface area contributed by atoms with Gasteiger partial charge in [-0.1, -0.05) is 19.4 Å². The van der Waals surface area contributed by atoms with Gasteiger partial charge in [0.15, 0.2) is 0 Å². The number of aryl methyl sites for hydroxylation is 1. The number of hydrogen-bond donors (Lipinski definition) is 1. The second kappa shape index (κ2) is 4.56. The van der Waals surface area contributed by atoms with Crippen LogP contribution in [0.25, 0.3) is 0 Å². The van der Waals surface area contributed by atoms with E-state index in [4.69, 9.17) is 0 Å². The summed E-state index contributed by atoms with van der Waals surface area (Å²) in [6.45, 7) is 3.30. The third-order valence-electron chi connectivity index (χ3n) is 2.92. The maximum absolute atomic E-state index is 4.51. The molecule has 2 heteroatoms. The molecule has 2 nitrogen and oxygen atoms in total. The standard InChI is InChI=1S/C12H18N2/c1-2-10-6-7-12(14-9-10)11-5-3-4-8-13-11/h6-7,9,11,13H,2-5,8H2,1H3. The highest BCUT2D eigenvalue weighted by atomic mass is 14.9. The van der Waals surface area contributed by atoms with E-state index >= 15 is 0 Å². The molecule has 0 aliphatic carbocycles. The predicted octanol–water partition coefficient (Wildman–Crippen LogP) is 2.46. The van der Waals surface area contributed by atoms with Crippen LogP contribution in [0, 0.1) is 0 Å². The molecule has 76 valence electrons. The van der Waals surface area contributed by atoms with Gasteiger partial charge in [-0.15, -0.1) is 0 Å². The summed E-state index contributed by atoms with van der Waals surface area (Å²) in [5.74, 6) is 0. The quantitative estimate of drug-likeness (QED) is 0.775. The zero-order valence-corrected chi connectivity index (χ0v) is 8.79. The summed E-state index contributed by atoms with van der Waals surface area (Å²) in [5.41, 5.74) is 2.53. The van der Waals surface area contributed by atoms with Crippen molar-refractivity contribution in [3.8, 4) is 0 Å². The molecule has 1 aliphatic heterocycles. The molecule has 1 aromatic heterocycles. The molecule has 0 spiro atoms. The Balaban J connectivity index is 2.07. The summed E-state index contributed by atoms with van der Waals surface area (Å²) in [7, 11) is 0. The third kappa shape index (κ3) is 2.13. The van der Waals surface area contributed by atoms with E-state index in [-0.39, 0.29) is 0 Å². The van der Waals surface area contributed by atoms with Crippen molar-refractivity contribution in [2.24, 2.45) is 0 Å². The maximum Gasteiger partial charge on any atom is 0.0573 e. The van der Waals surface area contributed by atoms with Crippen molar-refractivity contribution in [1.29, 1.82) is 0 Å². The fourth-order valence-corrected chi connectivity index (χ4v) is 1.96. The van der Waals surface area contributed by atoms with Crippen molar-refractivity contribution in [1.82, 2.24) is 10.3 Å². The minimum atomic E-state index is 0.495. The topological polar surface area (TPSA) is 24.9 Å². The average Bonchev–Trinajstić information content (AvgIpc) is 2.30. The Labute approximate surface area is 85.7 Å². The van der Waals surface area contributed by atoms with Gasteiger partial charge in [0.2, 0.25) is 0 Å². The van der Waals surface area contributed by atoms with Gasteiger partial charge < -0.3 is 5.32 Å². The maximum atomic E-state index is 4.51. The third-order valence-corrected chi connectivity index (χ3v) is 2.92. The Morgan fingerprint density at radius 1 is 1.43 bits per heavy atom. The lowest BCUT2D eigenvalue weighted by atomic mass is 10.0. The molecule has 14 heavy (non-hydrogen) atoms. The molecule has 0 amide bonds. The largest absolute Gasteiger partial charge is 0.309 e. The molecular weight excluding hydrogens is 172 g/mol.